The van der Waals surface area contributed by atoms with Crippen LogP contribution < -0.4 is 5.73 Å². The van der Waals surface area contributed by atoms with E-state index in [1.165, 1.54) is 25.7 Å². The predicted octanol–water partition coefficient (Wildman–Crippen LogP) is 20.2. The summed E-state index contributed by atoms with van der Waals surface area (Å²) in [4.78, 5) is 35.2. The van der Waals surface area contributed by atoms with Crippen LogP contribution >= 0.6 is 7.82 Å². The largest absolute Gasteiger partial charge is 0.472 e. The third-order valence-corrected chi connectivity index (χ3v) is 13.0. The summed E-state index contributed by atoms with van der Waals surface area (Å²) >= 11 is 0. The monoisotopic (exact) mass is 1140 g/mol. The molecule has 0 radical (unpaired) electrons. The number of hydrogen-bond donors (Lipinski definition) is 2. The van der Waals surface area contributed by atoms with Crippen LogP contribution in [-0.4, -0.2) is 49.3 Å². The molecule has 2 atom stereocenters. The highest BCUT2D eigenvalue weighted by molar-refractivity contribution is 7.47. The first-order chi connectivity index (χ1) is 39.8. The van der Waals surface area contributed by atoms with E-state index in [2.05, 4.69) is 208 Å². The number of esters is 2. The molecule has 0 aliphatic heterocycles. The maximum Gasteiger partial charge on any atom is 0.472 e. The summed E-state index contributed by atoms with van der Waals surface area (Å²) in [6.07, 6.45) is 97.7. The average Bonchev–Trinajstić information content (AvgIpc) is 3.46. The molecule has 0 rings (SSSR count). The van der Waals surface area contributed by atoms with Crippen LogP contribution in [0.2, 0.25) is 0 Å². The molecule has 0 heterocycles. The van der Waals surface area contributed by atoms with Gasteiger partial charge in [-0.15, -0.1) is 0 Å². The van der Waals surface area contributed by atoms with Crippen molar-refractivity contribution in [1.82, 2.24) is 0 Å². The second-order valence-electron chi connectivity index (χ2n) is 19.5. The maximum atomic E-state index is 12.7. The van der Waals surface area contributed by atoms with Gasteiger partial charge >= 0.3 is 19.8 Å². The summed E-state index contributed by atoms with van der Waals surface area (Å²) in [6.45, 7) is 3.42. The lowest BCUT2D eigenvalue weighted by Gasteiger charge is -2.19. The van der Waals surface area contributed by atoms with Gasteiger partial charge in [0.2, 0.25) is 0 Å². The Hall–Kier alpha value is -5.15. The van der Waals surface area contributed by atoms with Gasteiger partial charge in [-0.1, -0.05) is 247 Å². The molecule has 0 aliphatic carbocycles. The van der Waals surface area contributed by atoms with Gasteiger partial charge in [0, 0.05) is 19.4 Å². The molecule has 3 N–H and O–H groups in total. The highest BCUT2D eigenvalue weighted by Crippen LogP contribution is 2.43. The molecule has 0 saturated heterocycles. The Labute approximate surface area is 494 Å². The summed E-state index contributed by atoms with van der Waals surface area (Å²) in [6, 6.07) is 0. The molecule has 0 fully saturated rings. The molecular formula is C71H110NO8P. The van der Waals surface area contributed by atoms with Gasteiger partial charge in [-0.25, -0.2) is 4.57 Å². The average molecular weight is 1140 g/mol. The molecule has 0 spiro atoms. The van der Waals surface area contributed by atoms with Crippen molar-refractivity contribution in [2.24, 2.45) is 5.73 Å². The SMILES string of the molecule is CC/C=C\C/C=C\C/C=C\C/C=C\C/C=C\C/C=C\C/C=C\C/C=C\C/C=C\C/C=C\CCCCC(=O)OC(COC(=O)CCCCCCCCCC/C=C\C/C=C\C/C=C\C/C=C\C/C=C\C/C=C\CC)COP(=O)(O)OCCN. The number of carbonyl (C=O) groups is 2. The van der Waals surface area contributed by atoms with Crippen LogP contribution in [-0.2, 0) is 32.7 Å². The number of phosphoric acid groups is 1. The Morgan fingerprint density at radius 3 is 0.975 bits per heavy atom. The van der Waals surface area contributed by atoms with E-state index >= 15 is 0 Å². The minimum Gasteiger partial charge on any atom is -0.462 e. The first-order valence-electron chi connectivity index (χ1n) is 30.9. The standard InChI is InChI=1S/C71H110NO8P/c1-3-5-7-9-11-13-15-17-19-21-23-25-27-29-31-32-33-34-35-36-38-40-42-44-46-48-50-52-54-56-58-60-62-64-71(74)80-69(68-79-81(75,76)78-66-65-72)67-77-70(73)63-61-59-57-55-53-51-49-47-45-43-41-39-37-30-28-26-24-22-20-18-16-14-12-10-8-6-4-2/h5-8,11-14,17-20,23-26,29-31,33-34,36-38,41-44,48,50,54,56,69H,3-4,9-10,15-16,21-22,27-28,32,35,39-40,45-47,49,51-53,55,57-68,72H2,1-2H3,(H,75,76)/b7-5-,8-6-,13-11-,14-12-,19-17-,20-18-,25-23-,26-24-,31-29-,34-33-,37-30-,38-36-,43-41-,44-42-,50-48-,56-54-. The second-order valence-corrected chi connectivity index (χ2v) is 20.9. The van der Waals surface area contributed by atoms with Gasteiger partial charge in [0.25, 0.3) is 0 Å². The van der Waals surface area contributed by atoms with E-state index in [-0.39, 0.29) is 32.6 Å². The fraction of sp³-hybridized carbons (Fsp3) is 0.521. The molecule has 0 amide bonds. The molecule has 0 saturated carbocycles. The van der Waals surface area contributed by atoms with Gasteiger partial charge in [0.05, 0.1) is 13.2 Å². The molecule has 0 aromatic heterocycles. The Morgan fingerprint density at radius 1 is 0.370 bits per heavy atom. The van der Waals surface area contributed by atoms with Gasteiger partial charge in [-0.05, 0) is 141 Å². The summed E-state index contributed by atoms with van der Waals surface area (Å²) in [5, 5.41) is 0. The zero-order valence-corrected chi connectivity index (χ0v) is 51.3. The fourth-order valence-corrected chi connectivity index (χ4v) is 8.25. The second kappa shape index (κ2) is 64.0. The summed E-state index contributed by atoms with van der Waals surface area (Å²) in [5.74, 6) is -0.907. The Kier molecular flexibility index (Phi) is 60.0. The highest BCUT2D eigenvalue weighted by Gasteiger charge is 2.26. The molecule has 0 bridgehead atoms. The molecule has 2 unspecified atom stereocenters. The van der Waals surface area contributed by atoms with Crippen molar-refractivity contribution < 1.29 is 37.6 Å². The number of allylic oxidation sites excluding steroid dienone is 32. The molecule has 81 heavy (non-hydrogen) atoms. The van der Waals surface area contributed by atoms with Crippen molar-refractivity contribution in [2.75, 3.05) is 26.4 Å². The van der Waals surface area contributed by atoms with E-state index in [1.54, 1.807) is 0 Å². The number of ether oxygens (including phenoxy) is 2. The van der Waals surface area contributed by atoms with Crippen LogP contribution in [0.4, 0.5) is 0 Å². The lowest BCUT2D eigenvalue weighted by molar-refractivity contribution is -0.161. The molecule has 0 aromatic carbocycles. The summed E-state index contributed by atoms with van der Waals surface area (Å²) < 4.78 is 33.0. The third kappa shape index (κ3) is 63.9. The number of rotatable bonds is 55. The van der Waals surface area contributed by atoms with Gasteiger partial charge < -0.3 is 20.1 Å². The first-order valence-corrected chi connectivity index (χ1v) is 32.4. The minimum absolute atomic E-state index is 0.0332. The Balaban J connectivity index is 4.15. The molecule has 0 aromatic rings. The smallest absolute Gasteiger partial charge is 0.462 e. The number of nitrogens with two attached hydrogens (primary N) is 1. The van der Waals surface area contributed by atoms with Crippen molar-refractivity contribution in [3.63, 3.8) is 0 Å². The van der Waals surface area contributed by atoms with Gasteiger partial charge in [0.15, 0.2) is 6.10 Å². The van der Waals surface area contributed by atoms with Crippen molar-refractivity contribution in [3.05, 3.63) is 194 Å². The summed E-state index contributed by atoms with van der Waals surface area (Å²) in [7, 11) is -4.42. The molecule has 0 aliphatic rings. The molecule has 9 nitrogen and oxygen atoms in total. The van der Waals surface area contributed by atoms with Crippen LogP contribution in [0.15, 0.2) is 194 Å². The van der Waals surface area contributed by atoms with Crippen molar-refractivity contribution in [1.29, 1.82) is 0 Å². The van der Waals surface area contributed by atoms with E-state index in [0.29, 0.717) is 12.8 Å². The molecule has 452 valence electrons. The van der Waals surface area contributed by atoms with Gasteiger partial charge in [-0.2, -0.15) is 0 Å². The van der Waals surface area contributed by atoms with Crippen LogP contribution in [0.3, 0.4) is 0 Å². The van der Waals surface area contributed by atoms with Gasteiger partial charge in [0.1, 0.15) is 6.61 Å². The number of carbonyl (C=O) groups excluding carboxylic acids is 2. The predicted molar refractivity (Wildman–Crippen MR) is 348 cm³/mol. The van der Waals surface area contributed by atoms with Crippen molar-refractivity contribution in [3.8, 4) is 0 Å². The van der Waals surface area contributed by atoms with E-state index in [1.807, 2.05) is 0 Å². The fourth-order valence-electron chi connectivity index (χ4n) is 7.49. The molecule has 10 heteroatoms. The van der Waals surface area contributed by atoms with E-state index in [4.69, 9.17) is 24.3 Å². The quantitative estimate of drug-likeness (QED) is 0.0264. The maximum absolute atomic E-state index is 12.7. The first kappa shape index (κ1) is 75.8. The Morgan fingerprint density at radius 2 is 0.642 bits per heavy atom. The third-order valence-electron chi connectivity index (χ3n) is 12.0. The van der Waals surface area contributed by atoms with Crippen molar-refractivity contribution in [2.45, 2.75) is 213 Å². The zero-order valence-electron chi connectivity index (χ0n) is 50.4. The minimum atomic E-state index is -4.42. The van der Waals surface area contributed by atoms with E-state index < -0.39 is 32.5 Å². The van der Waals surface area contributed by atoms with E-state index in [9.17, 15) is 19.0 Å². The van der Waals surface area contributed by atoms with Crippen molar-refractivity contribution >= 4 is 19.8 Å². The number of unbranched alkanes of at least 4 members (excludes halogenated alkanes) is 10. The molecular weight excluding hydrogens is 1030 g/mol. The van der Waals surface area contributed by atoms with Crippen LogP contribution in [0.1, 0.15) is 206 Å². The van der Waals surface area contributed by atoms with Crippen LogP contribution in [0.25, 0.3) is 0 Å². The number of hydrogen-bond acceptors (Lipinski definition) is 8. The Bertz CT molecular complexity index is 2020. The summed E-state index contributed by atoms with van der Waals surface area (Å²) in [5.41, 5.74) is 5.38. The van der Waals surface area contributed by atoms with Gasteiger partial charge in [-0.3, -0.25) is 18.6 Å². The van der Waals surface area contributed by atoms with E-state index in [0.717, 1.165) is 141 Å². The highest BCUT2D eigenvalue weighted by atomic mass is 31.2. The van der Waals surface area contributed by atoms with Crippen LogP contribution in [0.5, 0.6) is 0 Å². The topological polar surface area (TPSA) is 134 Å². The normalized spacial score (nSPS) is 14.4. The van der Waals surface area contributed by atoms with Crippen LogP contribution in [0, 0.1) is 0 Å². The number of phosphoric ester groups is 1. The zero-order chi connectivity index (χ0) is 58.7. The lowest BCUT2D eigenvalue weighted by atomic mass is 10.1. The lowest BCUT2D eigenvalue weighted by Crippen LogP contribution is -2.29.